The number of benzene rings is 1. The van der Waals surface area contributed by atoms with E-state index in [0.717, 1.165) is 0 Å². The number of nitrogens with zero attached hydrogens (tertiary/aromatic N) is 2. The highest BCUT2D eigenvalue weighted by Gasteiger charge is 2.13. The Morgan fingerprint density at radius 2 is 2.26 bits per heavy atom. The summed E-state index contributed by atoms with van der Waals surface area (Å²) in [5.74, 6) is 0.974. The summed E-state index contributed by atoms with van der Waals surface area (Å²) in [7, 11) is 0. The minimum atomic E-state index is -0.505. The number of non-ortho nitro benzene ring substituents is 1. The number of nitrogens with one attached hydrogen (secondary N) is 2. The van der Waals surface area contributed by atoms with Gasteiger partial charge in [0, 0.05) is 24.2 Å². The molecule has 0 radical (unpaired) electrons. The quantitative estimate of drug-likeness (QED) is 0.371. The molecule has 2 rings (SSSR count). The first kappa shape index (κ1) is 16.9. The van der Waals surface area contributed by atoms with Crippen molar-refractivity contribution in [3.05, 3.63) is 51.2 Å². The molecular formula is C14H13ClN4O3S. The molecule has 7 nitrogen and oxygen atoms in total. The summed E-state index contributed by atoms with van der Waals surface area (Å²) in [6, 6.07) is 7.60. The highest BCUT2D eigenvalue weighted by molar-refractivity contribution is 7.80. The van der Waals surface area contributed by atoms with Gasteiger partial charge in [0.2, 0.25) is 0 Å². The van der Waals surface area contributed by atoms with Crippen molar-refractivity contribution in [1.82, 2.24) is 10.7 Å². The monoisotopic (exact) mass is 352 g/mol. The Morgan fingerprint density at radius 1 is 1.48 bits per heavy atom. The van der Waals surface area contributed by atoms with Crippen LogP contribution in [-0.2, 0) is 0 Å². The molecule has 0 amide bonds. The molecule has 1 heterocycles. The molecular weight excluding hydrogens is 340 g/mol. The van der Waals surface area contributed by atoms with E-state index in [1.54, 1.807) is 18.2 Å². The Morgan fingerprint density at radius 3 is 2.91 bits per heavy atom. The number of rotatable bonds is 5. The Labute approximate surface area is 142 Å². The molecule has 0 aliphatic carbocycles. The van der Waals surface area contributed by atoms with Crippen molar-refractivity contribution < 1.29 is 9.34 Å². The number of thiocarbonyl (C=S) groups is 1. The van der Waals surface area contributed by atoms with Crippen molar-refractivity contribution in [2.75, 3.05) is 6.54 Å². The standard InChI is InChI=1S/C14H13ClN4O3S/c1-2-16-14(23)18-17-8-10-4-6-13(22-10)11-5-3-9(19(20)21)7-12(11)15/h3-8H,2H2,1H3,(H2,16,18,23)/b17-8+. The zero-order valence-corrected chi connectivity index (χ0v) is 13.6. The van der Waals surface area contributed by atoms with E-state index in [2.05, 4.69) is 15.8 Å². The van der Waals surface area contributed by atoms with Gasteiger partial charge in [-0.25, -0.2) is 0 Å². The van der Waals surface area contributed by atoms with Gasteiger partial charge in [0.05, 0.1) is 16.2 Å². The molecule has 1 aromatic carbocycles. The van der Waals surface area contributed by atoms with E-state index in [1.807, 2.05) is 6.92 Å². The van der Waals surface area contributed by atoms with E-state index >= 15 is 0 Å². The van der Waals surface area contributed by atoms with Crippen molar-refractivity contribution >= 4 is 40.8 Å². The van der Waals surface area contributed by atoms with Crippen LogP contribution in [0.4, 0.5) is 5.69 Å². The van der Waals surface area contributed by atoms with Crippen LogP contribution in [0.25, 0.3) is 11.3 Å². The molecule has 0 spiro atoms. The van der Waals surface area contributed by atoms with Crippen molar-refractivity contribution in [2.45, 2.75) is 6.92 Å². The van der Waals surface area contributed by atoms with Crippen molar-refractivity contribution in [3.8, 4) is 11.3 Å². The van der Waals surface area contributed by atoms with Crippen LogP contribution >= 0.6 is 23.8 Å². The van der Waals surface area contributed by atoms with E-state index in [4.69, 9.17) is 28.2 Å². The molecule has 2 N–H and O–H groups in total. The number of hydrogen-bond donors (Lipinski definition) is 2. The summed E-state index contributed by atoms with van der Waals surface area (Å²) in [5, 5.41) is 18.2. The van der Waals surface area contributed by atoms with Gasteiger partial charge in [-0.3, -0.25) is 15.5 Å². The lowest BCUT2D eigenvalue weighted by Crippen LogP contribution is -2.31. The van der Waals surface area contributed by atoms with Gasteiger partial charge in [-0.1, -0.05) is 11.6 Å². The van der Waals surface area contributed by atoms with Crippen LogP contribution in [0.15, 0.2) is 39.9 Å². The third-order valence-electron chi connectivity index (χ3n) is 2.75. The Kier molecular flexibility index (Phi) is 5.67. The topological polar surface area (TPSA) is 92.7 Å². The van der Waals surface area contributed by atoms with Crippen molar-refractivity contribution in [2.24, 2.45) is 5.10 Å². The summed E-state index contributed by atoms with van der Waals surface area (Å²) in [5.41, 5.74) is 3.13. The van der Waals surface area contributed by atoms with E-state index in [1.165, 1.54) is 18.3 Å². The lowest BCUT2D eigenvalue weighted by molar-refractivity contribution is -0.384. The highest BCUT2D eigenvalue weighted by atomic mass is 35.5. The predicted octanol–water partition coefficient (Wildman–Crippen LogP) is 3.33. The minimum absolute atomic E-state index is 0.0757. The molecule has 2 aromatic rings. The minimum Gasteiger partial charge on any atom is -0.455 e. The van der Waals surface area contributed by atoms with Crippen molar-refractivity contribution in [3.63, 3.8) is 0 Å². The second-order valence-electron chi connectivity index (χ2n) is 4.35. The predicted molar refractivity (Wildman–Crippen MR) is 92.8 cm³/mol. The molecule has 0 aliphatic heterocycles. The summed E-state index contributed by atoms with van der Waals surface area (Å²) in [4.78, 5) is 10.2. The number of furan rings is 1. The van der Waals surface area contributed by atoms with Gasteiger partial charge in [0.15, 0.2) is 5.11 Å². The molecule has 0 saturated carbocycles. The summed E-state index contributed by atoms with van der Waals surface area (Å²) < 4.78 is 5.59. The smallest absolute Gasteiger partial charge is 0.270 e. The number of nitro groups is 1. The van der Waals surface area contributed by atoms with Gasteiger partial charge in [-0.15, -0.1) is 0 Å². The summed E-state index contributed by atoms with van der Waals surface area (Å²) in [6.45, 7) is 2.62. The fourth-order valence-electron chi connectivity index (χ4n) is 1.74. The molecule has 0 bridgehead atoms. The third kappa shape index (κ3) is 4.51. The lowest BCUT2D eigenvalue weighted by atomic mass is 10.1. The van der Waals surface area contributed by atoms with Crippen LogP contribution in [-0.4, -0.2) is 22.8 Å². The number of halogens is 1. The lowest BCUT2D eigenvalue weighted by Gasteiger charge is -2.02. The summed E-state index contributed by atoms with van der Waals surface area (Å²) in [6.07, 6.45) is 1.46. The number of hydrazone groups is 1. The van der Waals surface area contributed by atoms with E-state index in [9.17, 15) is 10.1 Å². The van der Waals surface area contributed by atoms with Crippen LogP contribution in [0.5, 0.6) is 0 Å². The first-order valence-electron chi connectivity index (χ1n) is 6.62. The van der Waals surface area contributed by atoms with Gasteiger partial charge in [0.1, 0.15) is 11.5 Å². The second-order valence-corrected chi connectivity index (χ2v) is 5.17. The fraction of sp³-hybridized carbons (Fsp3) is 0.143. The molecule has 9 heteroatoms. The van der Waals surface area contributed by atoms with E-state index < -0.39 is 4.92 Å². The Bertz CT molecular complexity index is 760. The first-order valence-corrected chi connectivity index (χ1v) is 7.41. The zero-order chi connectivity index (χ0) is 16.8. The van der Waals surface area contributed by atoms with Crippen LogP contribution in [0, 0.1) is 10.1 Å². The Balaban J connectivity index is 2.11. The van der Waals surface area contributed by atoms with Crippen LogP contribution in [0.3, 0.4) is 0 Å². The van der Waals surface area contributed by atoms with Gasteiger partial charge >= 0.3 is 0 Å². The maximum Gasteiger partial charge on any atom is 0.270 e. The molecule has 0 unspecified atom stereocenters. The average molecular weight is 353 g/mol. The zero-order valence-electron chi connectivity index (χ0n) is 12.1. The van der Waals surface area contributed by atoms with Crippen LogP contribution in [0.1, 0.15) is 12.7 Å². The largest absolute Gasteiger partial charge is 0.455 e. The average Bonchev–Trinajstić information content (AvgIpc) is 2.96. The molecule has 0 saturated heterocycles. The SMILES string of the molecule is CCNC(=S)N/N=C/c1ccc(-c2ccc([N+](=O)[O-])cc2Cl)o1. The van der Waals surface area contributed by atoms with Gasteiger partial charge in [0.25, 0.3) is 5.69 Å². The maximum atomic E-state index is 10.7. The normalized spacial score (nSPS) is 10.7. The fourth-order valence-corrected chi connectivity index (χ4v) is 2.20. The molecule has 1 aromatic heterocycles. The molecule has 0 fully saturated rings. The number of nitro benzene ring substituents is 1. The van der Waals surface area contributed by atoms with E-state index in [-0.39, 0.29) is 10.7 Å². The van der Waals surface area contributed by atoms with Crippen LogP contribution in [0.2, 0.25) is 5.02 Å². The molecule has 0 aliphatic rings. The first-order chi connectivity index (χ1) is 11.0. The van der Waals surface area contributed by atoms with Crippen molar-refractivity contribution in [1.29, 1.82) is 0 Å². The highest BCUT2D eigenvalue weighted by Crippen LogP contribution is 2.31. The van der Waals surface area contributed by atoms with Gasteiger partial charge in [-0.05, 0) is 37.3 Å². The Hall–Kier alpha value is -2.45. The van der Waals surface area contributed by atoms with Gasteiger partial charge < -0.3 is 9.73 Å². The summed E-state index contributed by atoms with van der Waals surface area (Å²) >= 11 is 11.0. The van der Waals surface area contributed by atoms with Gasteiger partial charge in [-0.2, -0.15) is 5.10 Å². The second kappa shape index (κ2) is 7.70. The third-order valence-corrected chi connectivity index (χ3v) is 3.30. The van der Waals surface area contributed by atoms with E-state index in [0.29, 0.717) is 28.7 Å². The number of hydrogen-bond acceptors (Lipinski definition) is 5. The van der Waals surface area contributed by atoms with Crippen LogP contribution < -0.4 is 10.7 Å². The molecule has 0 atom stereocenters. The maximum absolute atomic E-state index is 10.7. The molecule has 23 heavy (non-hydrogen) atoms. The molecule has 120 valence electrons.